The highest BCUT2D eigenvalue weighted by molar-refractivity contribution is 5.68. The number of benzene rings is 1. The van der Waals surface area contributed by atoms with Crippen LogP contribution in [0.3, 0.4) is 0 Å². The van der Waals surface area contributed by atoms with Crippen LogP contribution in [-0.2, 0) is 11.2 Å². The molecule has 2 atom stereocenters. The number of carbonyl (C=O) groups is 1. The van der Waals surface area contributed by atoms with E-state index in [0.29, 0.717) is 0 Å². The van der Waals surface area contributed by atoms with Crippen molar-refractivity contribution in [1.82, 2.24) is 4.90 Å². The summed E-state index contributed by atoms with van der Waals surface area (Å²) in [5.41, 5.74) is 2.54. The molecule has 2 aliphatic heterocycles. The van der Waals surface area contributed by atoms with Crippen LogP contribution >= 0.6 is 0 Å². The van der Waals surface area contributed by atoms with Gasteiger partial charge in [0.2, 0.25) is 0 Å². The number of aliphatic hydroxyl groups is 1. The third-order valence-electron chi connectivity index (χ3n) is 4.95. The minimum Gasteiger partial charge on any atom is -0.392 e. The highest BCUT2D eigenvalue weighted by Crippen LogP contribution is 2.28. The Morgan fingerprint density at radius 3 is 2.82 bits per heavy atom. The normalized spacial score (nSPS) is 26.3. The third-order valence-corrected chi connectivity index (χ3v) is 4.95. The zero-order valence-corrected chi connectivity index (χ0v) is 13.2. The van der Waals surface area contributed by atoms with E-state index >= 15 is 0 Å². The van der Waals surface area contributed by atoms with Gasteiger partial charge >= 0.3 is 0 Å². The van der Waals surface area contributed by atoms with Gasteiger partial charge in [-0.3, -0.25) is 0 Å². The summed E-state index contributed by atoms with van der Waals surface area (Å²) in [6.07, 6.45) is 6.09. The Bertz CT molecular complexity index is 506. The summed E-state index contributed by atoms with van der Waals surface area (Å²) in [7, 11) is 0. The van der Waals surface area contributed by atoms with Gasteiger partial charge in [-0.15, -0.1) is 0 Å². The van der Waals surface area contributed by atoms with Crippen molar-refractivity contribution >= 4 is 12.0 Å². The average molecular weight is 302 g/mol. The van der Waals surface area contributed by atoms with Gasteiger partial charge in [0, 0.05) is 31.9 Å². The molecule has 1 N–H and O–H groups in total. The SMILES string of the molecule is O=CC1CCCCN1c1ccccc1CCN1CCC(O)C1. The second-order valence-electron chi connectivity index (χ2n) is 6.51. The molecular weight excluding hydrogens is 276 g/mol. The van der Waals surface area contributed by atoms with E-state index in [9.17, 15) is 9.90 Å². The standard InChI is InChI=1S/C18H26N2O2/c21-14-16-6-3-4-10-20(16)18-7-2-1-5-15(18)8-11-19-12-9-17(22)13-19/h1-2,5,7,14,16-17,22H,3-4,6,8-13H2. The molecular formula is C18H26N2O2. The number of aliphatic hydroxyl groups excluding tert-OH is 1. The fourth-order valence-corrected chi connectivity index (χ4v) is 3.69. The Hall–Kier alpha value is -1.39. The van der Waals surface area contributed by atoms with Crippen LogP contribution in [0.4, 0.5) is 5.69 Å². The van der Waals surface area contributed by atoms with Crippen molar-refractivity contribution in [2.24, 2.45) is 0 Å². The van der Waals surface area contributed by atoms with E-state index in [0.717, 1.165) is 64.6 Å². The monoisotopic (exact) mass is 302 g/mol. The quantitative estimate of drug-likeness (QED) is 0.843. The van der Waals surface area contributed by atoms with Crippen LogP contribution in [0.2, 0.25) is 0 Å². The highest BCUT2D eigenvalue weighted by Gasteiger charge is 2.24. The fourth-order valence-electron chi connectivity index (χ4n) is 3.69. The lowest BCUT2D eigenvalue weighted by Crippen LogP contribution is -2.41. The van der Waals surface area contributed by atoms with E-state index in [2.05, 4.69) is 34.1 Å². The Labute approximate surface area is 132 Å². The van der Waals surface area contributed by atoms with Gasteiger partial charge in [-0.25, -0.2) is 0 Å². The molecule has 0 amide bonds. The molecule has 0 aromatic heterocycles. The van der Waals surface area contributed by atoms with Gasteiger partial charge in [-0.05, 0) is 43.7 Å². The van der Waals surface area contributed by atoms with E-state index in [1.165, 1.54) is 11.3 Å². The number of likely N-dealkylation sites (tertiary alicyclic amines) is 1. The average Bonchev–Trinajstić information content (AvgIpc) is 2.98. The molecule has 0 bridgehead atoms. The Morgan fingerprint density at radius 1 is 1.18 bits per heavy atom. The third kappa shape index (κ3) is 3.50. The largest absolute Gasteiger partial charge is 0.392 e. The van der Waals surface area contributed by atoms with E-state index in [4.69, 9.17) is 0 Å². The van der Waals surface area contributed by atoms with Crippen molar-refractivity contribution < 1.29 is 9.90 Å². The molecule has 2 heterocycles. The smallest absolute Gasteiger partial charge is 0.142 e. The molecule has 2 saturated heterocycles. The number of β-amino-alcohol motifs (C(OH)–C–C–N with tert-alkyl or cyclic N) is 1. The van der Waals surface area contributed by atoms with E-state index in [-0.39, 0.29) is 12.1 Å². The zero-order valence-electron chi connectivity index (χ0n) is 13.2. The van der Waals surface area contributed by atoms with Crippen molar-refractivity contribution in [3.63, 3.8) is 0 Å². The van der Waals surface area contributed by atoms with Gasteiger partial charge in [0.15, 0.2) is 0 Å². The molecule has 1 aromatic rings. The first kappa shape index (κ1) is 15.5. The van der Waals surface area contributed by atoms with Gasteiger partial charge in [0.25, 0.3) is 0 Å². The number of nitrogens with zero attached hydrogens (tertiary/aromatic N) is 2. The van der Waals surface area contributed by atoms with Crippen molar-refractivity contribution in [3.8, 4) is 0 Å². The van der Waals surface area contributed by atoms with Crippen LogP contribution in [0.1, 0.15) is 31.2 Å². The number of hydrogen-bond donors (Lipinski definition) is 1. The minimum atomic E-state index is -0.156. The molecule has 0 aliphatic carbocycles. The lowest BCUT2D eigenvalue weighted by Gasteiger charge is -2.35. The number of anilines is 1. The van der Waals surface area contributed by atoms with Gasteiger partial charge in [0.05, 0.1) is 12.1 Å². The molecule has 3 rings (SSSR count). The number of aldehydes is 1. The van der Waals surface area contributed by atoms with Gasteiger partial charge in [0.1, 0.15) is 6.29 Å². The van der Waals surface area contributed by atoms with Crippen molar-refractivity contribution in [1.29, 1.82) is 0 Å². The van der Waals surface area contributed by atoms with E-state index < -0.39 is 0 Å². The second kappa shape index (κ2) is 7.25. The van der Waals surface area contributed by atoms with Crippen LogP contribution in [0.15, 0.2) is 24.3 Å². The van der Waals surface area contributed by atoms with Gasteiger partial charge < -0.3 is 19.7 Å². The van der Waals surface area contributed by atoms with E-state index in [1.807, 2.05) is 0 Å². The Balaban J connectivity index is 1.70. The summed E-state index contributed by atoms with van der Waals surface area (Å²) in [4.78, 5) is 16.0. The highest BCUT2D eigenvalue weighted by atomic mass is 16.3. The number of hydrogen-bond acceptors (Lipinski definition) is 4. The molecule has 120 valence electrons. The summed E-state index contributed by atoms with van der Waals surface area (Å²) in [5.74, 6) is 0. The topological polar surface area (TPSA) is 43.8 Å². The summed E-state index contributed by atoms with van der Waals surface area (Å²) in [6.45, 7) is 3.74. The lowest BCUT2D eigenvalue weighted by molar-refractivity contribution is -0.109. The molecule has 2 aliphatic rings. The van der Waals surface area contributed by atoms with Crippen LogP contribution in [0, 0.1) is 0 Å². The predicted molar refractivity (Wildman–Crippen MR) is 88.3 cm³/mol. The summed E-state index contributed by atoms with van der Waals surface area (Å²) in [6, 6.07) is 8.50. The number of para-hydroxylation sites is 1. The van der Waals surface area contributed by atoms with Gasteiger partial charge in [-0.2, -0.15) is 0 Å². The number of carbonyl (C=O) groups excluding carboxylic acids is 1. The van der Waals surface area contributed by atoms with Crippen molar-refractivity contribution in [2.75, 3.05) is 31.1 Å². The zero-order chi connectivity index (χ0) is 15.4. The van der Waals surface area contributed by atoms with Crippen LogP contribution in [-0.4, -0.2) is 54.6 Å². The summed E-state index contributed by atoms with van der Waals surface area (Å²) >= 11 is 0. The lowest BCUT2D eigenvalue weighted by atomic mass is 9.99. The maximum absolute atomic E-state index is 11.4. The molecule has 4 nitrogen and oxygen atoms in total. The maximum Gasteiger partial charge on any atom is 0.142 e. The molecule has 4 heteroatoms. The first-order valence-corrected chi connectivity index (χ1v) is 8.48. The summed E-state index contributed by atoms with van der Waals surface area (Å²) < 4.78 is 0. The molecule has 0 spiro atoms. The fraction of sp³-hybridized carbons (Fsp3) is 0.611. The van der Waals surface area contributed by atoms with E-state index in [1.54, 1.807) is 0 Å². The second-order valence-corrected chi connectivity index (χ2v) is 6.51. The number of rotatable bonds is 5. The maximum atomic E-state index is 11.4. The Kier molecular flexibility index (Phi) is 5.11. The molecule has 2 fully saturated rings. The van der Waals surface area contributed by atoms with Crippen LogP contribution in [0.25, 0.3) is 0 Å². The molecule has 2 unspecified atom stereocenters. The van der Waals surface area contributed by atoms with Crippen LogP contribution in [0.5, 0.6) is 0 Å². The molecule has 1 aromatic carbocycles. The minimum absolute atomic E-state index is 0.0310. The predicted octanol–water partition coefficient (Wildman–Crippen LogP) is 1.85. The Morgan fingerprint density at radius 2 is 2.05 bits per heavy atom. The molecule has 0 radical (unpaired) electrons. The van der Waals surface area contributed by atoms with Crippen molar-refractivity contribution in [2.45, 2.75) is 44.2 Å². The molecule has 0 saturated carbocycles. The number of piperidine rings is 1. The summed E-state index contributed by atoms with van der Waals surface area (Å²) in [5, 5.41) is 9.63. The van der Waals surface area contributed by atoms with Gasteiger partial charge in [-0.1, -0.05) is 18.2 Å². The first-order chi connectivity index (χ1) is 10.8. The molecule has 22 heavy (non-hydrogen) atoms. The van der Waals surface area contributed by atoms with Crippen LogP contribution < -0.4 is 4.90 Å². The van der Waals surface area contributed by atoms with Crippen molar-refractivity contribution in [3.05, 3.63) is 29.8 Å². The first-order valence-electron chi connectivity index (χ1n) is 8.48.